The zero-order valence-electron chi connectivity index (χ0n) is 18.9. The molecule has 1 aliphatic heterocycles. The van der Waals surface area contributed by atoms with Crippen molar-refractivity contribution < 1.29 is 38.4 Å². The number of esters is 2. The third kappa shape index (κ3) is 4.41. The molecule has 172 valence electrons. The summed E-state index contributed by atoms with van der Waals surface area (Å²) < 4.78 is 22.0. The molecule has 0 bridgehead atoms. The van der Waals surface area contributed by atoms with E-state index in [0.717, 1.165) is 5.57 Å². The number of hydrogen-bond acceptors (Lipinski definition) is 8. The SMILES string of the molecule is C/C=C/[C@H]1CC2=C(CO1)C(=O)[C@@](C)(OC(C)=O)[C@H](OC(=O)c1c(C)cc(OC)cc1O)C2. The number of carbonyl (C=O) groups excluding carboxylic acids is 3. The summed E-state index contributed by atoms with van der Waals surface area (Å²) in [6.07, 6.45) is 3.21. The van der Waals surface area contributed by atoms with E-state index in [1.165, 1.54) is 27.0 Å². The zero-order valence-corrected chi connectivity index (χ0v) is 18.9. The molecule has 3 rings (SSSR count). The third-order valence-electron chi connectivity index (χ3n) is 5.83. The number of Topliss-reactive ketones (excluding diaryl/α,β-unsaturated/α-hetero) is 1. The Morgan fingerprint density at radius 1 is 1.28 bits per heavy atom. The number of rotatable bonds is 5. The lowest BCUT2D eigenvalue weighted by molar-refractivity contribution is -0.176. The third-order valence-corrected chi connectivity index (χ3v) is 5.83. The van der Waals surface area contributed by atoms with Gasteiger partial charge in [-0.05, 0) is 38.8 Å². The predicted octanol–water partition coefficient (Wildman–Crippen LogP) is 3.19. The molecule has 0 fully saturated rings. The lowest BCUT2D eigenvalue weighted by Gasteiger charge is -2.42. The number of aromatic hydroxyl groups is 1. The van der Waals surface area contributed by atoms with Crippen LogP contribution in [0.25, 0.3) is 0 Å². The van der Waals surface area contributed by atoms with Crippen molar-refractivity contribution in [2.45, 2.75) is 58.3 Å². The largest absolute Gasteiger partial charge is 0.507 e. The lowest BCUT2D eigenvalue weighted by Crippen LogP contribution is -2.56. The fourth-order valence-electron chi connectivity index (χ4n) is 4.23. The van der Waals surface area contributed by atoms with Gasteiger partial charge in [-0.2, -0.15) is 0 Å². The Balaban J connectivity index is 1.96. The molecule has 0 saturated carbocycles. The molecule has 2 aliphatic rings. The Labute approximate surface area is 186 Å². The van der Waals surface area contributed by atoms with Crippen LogP contribution in [0.3, 0.4) is 0 Å². The van der Waals surface area contributed by atoms with Crippen molar-refractivity contribution in [2.24, 2.45) is 0 Å². The summed E-state index contributed by atoms with van der Waals surface area (Å²) in [4.78, 5) is 38.2. The van der Waals surface area contributed by atoms with Crippen LogP contribution in [-0.4, -0.2) is 54.4 Å². The van der Waals surface area contributed by atoms with Crippen LogP contribution in [-0.2, 0) is 23.8 Å². The van der Waals surface area contributed by atoms with Gasteiger partial charge < -0.3 is 24.1 Å². The maximum Gasteiger partial charge on any atom is 0.342 e. The van der Waals surface area contributed by atoms with Crippen LogP contribution >= 0.6 is 0 Å². The van der Waals surface area contributed by atoms with Crippen LogP contribution < -0.4 is 4.74 Å². The summed E-state index contributed by atoms with van der Waals surface area (Å²) in [5, 5.41) is 10.3. The standard InChI is InChI=1S/C24H28O8/c1-6-7-16-9-15-10-20(24(4,32-14(3)25)22(27)18(15)12-30-16)31-23(28)21-13(2)8-17(29-5)11-19(21)26/h6-8,11,16,20,26H,9-10,12H2,1-5H3/b7-6+/t16-,20+,24-/m0/s1. The van der Waals surface area contributed by atoms with E-state index in [1.54, 1.807) is 13.0 Å². The molecule has 8 nitrogen and oxygen atoms in total. The van der Waals surface area contributed by atoms with Crippen LogP contribution in [0.4, 0.5) is 0 Å². The van der Waals surface area contributed by atoms with Crippen LogP contribution in [0, 0.1) is 6.92 Å². The van der Waals surface area contributed by atoms with Crippen LogP contribution in [0.2, 0.25) is 0 Å². The second-order valence-corrected chi connectivity index (χ2v) is 8.13. The first-order valence-corrected chi connectivity index (χ1v) is 10.4. The van der Waals surface area contributed by atoms with E-state index in [1.807, 2.05) is 19.1 Å². The Hall–Kier alpha value is -3.13. The fraction of sp³-hybridized carbons (Fsp3) is 0.458. The summed E-state index contributed by atoms with van der Waals surface area (Å²) in [5.41, 5.74) is -0.0374. The average Bonchev–Trinajstić information content (AvgIpc) is 2.71. The van der Waals surface area contributed by atoms with Crippen LogP contribution in [0.5, 0.6) is 11.5 Å². The van der Waals surface area contributed by atoms with E-state index in [9.17, 15) is 19.5 Å². The first-order valence-electron chi connectivity index (χ1n) is 10.4. The summed E-state index contributed by atoms with van der Waals surface area (Å²) in [7, 11) is 1.45. The molecule has 0 unspecified atom stereocenters. The summed E-state index contributed by atoms with van der Waals surface area (Å²) in [5.74, 6) is -1.84. The van der Waals surface area contributed by atoms with E-state index in [0.29, 0.717) is 23.3 Å². The second kappa shape index (κ2) is 9.16. The van der Waals surface area contributed by atoms with E-state index in [-0.39, 0.29) is 30.4 Å². The van der Waals surface area contributed by atoms with Gasteiger partial charge in [0.15, 0.2) is 6.10 Å². The molecule has 8 heteroatoms. The molecule has 0 saturated heterocycles. The van der Waals surface area contributed by atoms with E-state index in [4.69, 9.17) is 18.9 Å². The van der Waals surface area contributed by atoms with Gasteiger partial charge in [0.05, 0.1) is 19.8 Å². The van der Waals surface area contributed by atoms with Crippen molar-refractivity contribution in [3.05, 3.63) is 46.6 Å². The van der Waals surface area contributed by atoms with Gasteiger partial charge in [0.2, 0.25) is 11.4 Å². The van der Waals surface area contributed by atoms with Gasteiger partial charge in [-0.25, -0.2) is 4.79 Å². The fourth-order valence-corrected chi connectivity index (χ4v) is 4.23. The molecule has 3 atom stereocenters. The number of phenols is 1. The van der Waals surface area contributed by atoms with Crippen molar-refractivity contribution >= 4 is 17.7 Å². The number of ether oxygens (including phenoxy) is 4. The van der Waals surface area contributed by atoms with E-state index >= 15 is 0 Å². The molecule has 1 heterocycles. The van der Waals surface area contributed by atoms with Gasteiger partial charge in [-0.15, -0.1) is 0 Å². The minimum atomic E-state index is -1.70. The number of carbonyl (C=O) groups is 3. The molecule has 0 radical (unpaired) electrons. The topological polar surface area (TPSA) is 108 Å². The molecule has 1 aliphatic carbocycles. The number of phenolic OH excluding ortho intramolecular Hbond substituents is 1. The van der Waals surface area contributed by atoms with Crippen molar-refractivity contribution in [2.75, 3.05) is 13.7 Å². The minimum Gasteiger partial charge on any atom is -0.507 e. The highest BCUT2D eigenvalue weighted by molar-refractivity contribution is 6.05. The number of methoxy groups -OCH3 is 1. The number of ketones is 1. The molecule has 1 aromatic rings. The molecular formula is C24H28O8. The molecule has 32 heavy (non-hydrogen) atoms. The smallest absolute Gasteiger partial charge is 0.342 e. The van der Waals surface area contributed by atoms with Gasteiger partial charge in [0.1, 0.15) is 17.1 Å². The lowest BCUT2D eigenvalue weighted by atomic mass is 9.75. The number of aryl methyl sites for hydroxylation is 1. The van der Waals surface area contributed by atoms with Crippen molar-refractivity contribution in [3.8, 4) is 11.5 Å². The van der Waals surface area contributed by atoms with Gasteiger partial charge in [0.25, 0.3) is 0 Å². The second-order valence-electron chi connectivity index (χ2n) is 8.13. The predicted molar refractivity (Wildman–Crippen MR) is 115 cm³/mol. The van der Waals surface area contributed by atoms with E-state index < -0.39 is 29.4 Å². The minimum absolute atomic E-state index is 0.0398. The van der Waals surface area contributed by atoms with Gasteiger partial charge in [-0.3, -0.25) is 9.59 Å². The zero-order chi connectivity index (χ0) is 23.6. The van der Waals surface area contributed by atoms with Crippen molar-refractivity contribution in [1.82, 2.24) is 0 Å². The van der Waals surface area contributed by atoms with Crippen molar-refractivity contribution in [1.29, 1.82) is 0 Å². The number of benzene rings is 1. The normalized spacial score (nSPS) is 25.5. The van der Waals surface area contributed by atoms with Crippen LogP contribution in [0.15, 0.2) is 35.4 Å². The molecule has 0 amide bonds. The highest BCUT2D eigenvalue weighted by Crippen LogP contribution is 2.40. The number of hydrogen-bond donors (Lipinski definition) is 1. The Kier molecular flexibility index (Phi) is 6.74. The molecule has 0 aromatic heterocycles. The Morgan fingerprint density at radius 3 is 2.59 bits per heavy atom. The Bertz CT molecular complexity index is 982. The molecule has 1 N–H and O–H groups in total. The number of allylic oxidation sites excluding steroid dienone is 1. The summed E-state index contributed by atoms with van der Waals surface area (Å²) in [6, 6.07) is 2.90. The molecule has 1 aromatic carbocycles. The summed E-state index contributed by atoms with van der Waals surface area (Å²) in [6.45, 7) is 6.25. The van der Waals surface area contributed by atoms with Gasteiger partial charge in [0, 0.05) is 25.0 Å². The summed E-state index contributed by atoms with van der Waals surface area (Å²) >= 11 is 0. The van der Waals surface area contributed by atoms with E-state index in [2.05, 4.69) is 0 Å². The average molecular weight is 444 g/mol. The van der Waals surface area contributed by atoms with Gasteiger partial charge in [-0.1, -0.05) is 17.7 Å². The Morgan fingerprint density at radius 2 is 2.00 bits per heavy atom. The quantitative estimate of drug-likeness (QED) is 0.545. The maximum atomic E-state index is 13.3. The monoisotopic (exact) mass is 444 g/mol. The first kappa shape index (κ1) is 23.5. The van der Waals surface area contributed by atoms with Crippen molar-refractivity contribution in [3.63, 3.8) is 0 Å². The van der Waals surface area contributed by atoms with Gasteiger partial charge >= 0.3 is 11.9 Å². The maximum absolute atomic E-state index is 13.3. The highest BCUT2D eigenvalue weighted by Gasteiger charge is 2.53. The first-order chi connectivity index (χ1) is 15.1. The molecule has 0 spiro atoms. The highest BCUT2D eigenvalue weighted by atomic mass is 16.6. The molecular weight excluding hydrogens is 416 g/mol. The van der Waals surface area contributed by atoms with Crippen LogP contribution in [0.1, 0.15) is 49.5 Å².